The van der Waals surface area contributed by atoms with Crippen LogP contribution < -0.4 is 9.64 Å². The lowest BCUT2D eigenvalue weighted by atomic mass is 9.91. The minimum absolute atomic E-state index is 0.0231. The fourth-order valence-electron chi connectivity index (χ4n) is 5.42. The zero-order chi connectivity index (χ0) is 29.2. The Hall–Kier alpha value is -3.95. The quantitative estimate of drug-likeness (QED) is 0.186. The van der Waals surface area contributed by atoms with E-state index in [-0.39, 0.29) is 36.5 Å². The van der Waals surface area contributed by atoms with E-state index in [0.717, 1.165) is 27.3 Å². The van der Waals surface area contributed by atoms with Gasteiger partial charge in [-0.2, -0.15) is 0 Å². The Labute approximate surface area is 249 Å². The number of thioether (sulfide) groups is 1. The molecule has 4 atom stereocenters. The first kappa shape index (κ1) is 28.2. The second-order valence-electron chi connectivity index (χ2n) is 10.4. The summed E-state index contributed by atoms with van der Waals surface area (Å²) in [6.07, 6.45) is -1.07. The van der Waals surface area contributed by atoms with Gasteiger partial charge in [-0.15, -0.1) is 11.8 Å². The lowest BCUT2D eigenvalue weighted by Crippen LogP contribution is -2.38. The van der Waals surface area contributed by atoms with Crippen LogP contribution in [0.1, 0.15) is 56.7 Å². The van der Waals surface area contributed by atoms with Crippen molar-refractivity contribution in [3.05, 3.63) is 125 Å². The van der Waals surface area contributed by atoms with Crippen LogP contribution in [0.3, 0.4) is 0 Å². The van der Waals surface area contributed by atoms with Crippen molar-refractivity contribution in [1.82, 2.24) is 0 Å². The first-order valence-corrected chi connectivity index (χ1v) is 14.8. The molecule has 2 aliphatic heterocycles. The highest BCUT2D eigenvalue weighted by atomic mass is 32.2. The molecule has 0 aromatic heterocycles. The second kappa shape index (κ2) is 12.1. The molecular weight excluding hydrogens is 550 g/mol. The lowest BCUT2D eigenvalue weighted by Gasteiger charge is -2.41. The Balaban J connectivity index is 1.26. The third-order valence-electron chi connectivity index (χ3n) is 7.81. The van der Waals surface area contributed by atoms with Crippen LogP contribution in [0.25, 0.3) is 0 Å². The average molecular weight is 582 g/mol. The highest BCUT2D eigenvalue weighted by Gasteiger charge is 2.39. The van der Waals surface area contributed by atoms with Crippen molar-refractivity contribution < 1.29 is 28.9 Å². The predicted octanol–water partition coefficient (Wildman–Crippen LogP) is 6.57. The van der Waals surface area contributed by atoms with Crippen LogP contribution in [0.2, 0.25) is 0 Å². The molecular formula is C34H31NO6S. The summed E-state index contributed by atoms with van der Waals surface area (Å²) in [5, 5.41) is 9.52. The third kappa shape index (κ3) is 5.34. The number of ether oxygens (including phenoxy) is 3. The number of hydrogen-bond acceptors (Lipinski definition) is 7. The first-order chi connectivity index (χ1) is 20.5. The van der Waals surface area contributed by atoms with E-state index in [4.69, 9.17) is 14.2 Å². The summed E-state index contributed by atoms with van der Waals surface area (Å²) >= 11 is 1.68. The summed E-state index contributed by atoms with van der Waals surface area (Å²) < 4.78 is 18.7. The number of imide groups is 1. The molecule has 214 valence electrons. The van der Waals surface area contributed by atoms with Crippen LogP contribution in [0.5, 0.6) is 5.75 Å². The topological polar surface area (TPSA) is 85.3 Å². The van der Waals surface area contributed by atoms with Crippen LogP contribution in [0.15, 0.2) is 102 Å². The van der Waals surface area contributed by atoms with Crippen LogP contribution in [0, 0.1) is 5.92 Å². The molecule has 8 heteroatoms. The number of aliphatic hydroxyl groups excluding tert-OH is 1. The Bertz CT molecular complexity index is 1550. The lowest BCUT2D eigenvalue weighted by molar-refractivity contribution is -0.268. The van der Waals surface area contributed by atoms with Crippen molar-refractivity contribution in [2.75, 3.05) is 17.8 Å². The molecule has 6 rings (SSSR count). The summed E-state index contributed by atoms with van der Waals surface area (Å²) in [6.45, 7) is 2.10. The zero-order valence-corrected chi connectivity index (χ0v) is 24.1. The number of aliphatic hydroxyl groups is 1. The van der Waals surface area contributed by atoms with Crippen molar-refractivity contribution in [2.45, 2.75) is 36.9 Å². The van der Waals surface area contributed by atoms with Crippen molar-refractivity contribution in [3.8, 4) is 5.75 Å². The van der Waals surface area contributed by atoms with E-state index in [2.05, 4.69) is 6.92 Å². The Morgan fingerprint density at radius 1 is 0.810 bits per heavy atom. The second-order valence-corrected chi connectivity index (χ2v) is 11.4. The number of methoxy groups -OCH3 is 1. The monoisotopic (exact) mass is 581 g/mol. The van der Waals surface area contributed by atoms with Crippen LogP contribution in [0.4, 0.5) is 5.69 Å². The van der Waals surface area contributed by atoms with Gasteiger partial charge in [0.25, 0.3) is 11.8 Å². The number of amides is 2. The molecule has 0 spiro atoms. The standard InChI is InChI=1S/C34H31NO6S/c1-21-29(20-42-30-10-6-5-9-28(30)39-2)40-34(41-31(21)23-13-11-22(19-36)12-14-23)24-15-17-25(18-16-24)35-32(37)26-7-3-4-8-27(26)33(35)38/h3-18,21,29,31,34,36H,19-20H2,1-2H3. The van der Waals surface area contributed by atoms with Gasteiger partial charge in [-0.1, -0.05) is 67.6 Å². The molecule has 0 bridgehead atoms. The Morgan fingerprint density at radius 2 is 1.43 bits per heavy atom. The van der Waals surface area contributed by atoms with Gasteiger partial charge < -0.3 is 19.3 Å². The fraction of sp³-hybridized carbons (Fsp3) is 0.235. The highest BCUT2D eigenvalue weighted by molar-refractivity contribution is 7.99. The normalized spacial score (nSPS) is 21.8. The third-order valence-corrected chi connectivity index (χ3v) is 8.96. The van der Waals surface area contributed by atoms with Gasteiger partial charge in [0.15, 0.2) is 6.29 Å². The summed E-state index contributed by atoms with van der Waals surface area (Å²) in [5.41, 5.74) is 3.93. The number of para-hydroxylation sites is 1. The molecule has 0 saturated carbocycles. The molecule has 1 saturated heterocycles. The molecule has 1 fully saturated rings. The van der Waals surface area contributed by atoms with E-state index in [9.17, 15) is 14.7 Å². The number of rotatable bonds is 8. The number of hydrogen-bond donors (Lipinski definition) is 1. The summed E-state index contributed by atoms with van der Waals surface area (Å²) in [7, 11) is 1.67. The van der Waals surface area contributed by atoms with Crippen LogP contribution >= 0.6 is 11.8 Å². The van der Waals surface area contributed by atoms with Crippen molar-refractivity contribution >= 4 is 29.3 Å². The predicted molar refractivity (Wildman–Crippen MR) is 161 cm³/mol. The molecule has 4 aromatic rings. The van der Waals surface area contributed by atoms with Crippen LogP contribution in [-0.2, 0) is 16.1 Å². The maximum atomic E-state index is 13.0. The molecule has 42 heavy (non-hydrogen) atoms. The Morgan fingerprint density at radius 3 is 2.07 bits per heavy atom. The van der Waals surface area contributed by atoms with Gasteiger partial charge >= 0.3 is 0 Å². The van der Waals surface area contributed by atoms with E-state index < -0.39 is 6.29 Å². The highest BCUT2D eigenvalue weighted by Crippen LogP contribution is 2.44. The molecule has 0 radical (unpaired) electrons. The minimum Gasteiger partial charge on any atom is -0.496 e. The summed E-state index contributed by atoms with van der Waals surface area (Å²) in [6, 6.07) is 29.8. The van der Waals surface area contributed by atoms with Gasteiger partial charge in [-0.05, 0) is 47.5 Å². The number of carbonyl (C=O) groups excluding carboxylic acids is 2. The number of carbonyl (C=O) groups is 2. The van der Waals surface area contributed by atoms with Gasteiger partial charge in [0, 0.05) is 22.1 Å². The fourth-order valence-corrected chi connectivity index (χ4v) is 6.62. The molecule has 2 heterocycles. The SMILES string of the molecule is COc1ccccc1SCC1OC(c2ccc(N3C(=O)c4ccccc4C3=O)cc2)OC(c2ccc(CO)cc2)C1C. The number of fused-ring (bicyclic) bond motifs is 1. The van der Waals surface area contributed by atoms with E-state index in [1.807, 2.05) is 60.7 Å². The summed E-state index contributed by atoms with van der Waals surface area (Å²) in [5.74, 6) is 0.865. The van der Waals surface area contributed by atoms with E-state index in [1.165, 1.54) is 4.90 Å². The number of benzene rings is 4. The number of anilines is 1. The van der Waals surface area contributed by atoms with Crippen LogP contribution in [-0.4, -0.2) is 35.9 Å². The summed E-state index contributed by atoms with van der Waals surface area (Å²) in [4.78, 5) is 28.2. The average Bonchev–Trinajstić information content (AvgIpc) is 3.30. The molecule has 2 aliphatic rings. The van der Waals surface area contributed by atoms with Gasteiger partial charge in [0.2, 0.25) is 0 Å². The maximum Gasteiger partial charge on any atom is 0.266 e. The molecule has 1 N–H and O–H groups in total. The molecule has 4 aromatic carbocycles. The van der Waals surface area contributed by atoms with Gasteiger partial charge in [-0.3, -0.25) is 9.59 Å². The van der Waals surface area contributed by atoms with E-state index >= 15 is 0 Å². The molecule has 0 aliphatic carbocycles. The maximum absolute atomic E-state index is 13.0. The van der Waals surface area contributed by atoms with Crippen molar-refractivity contribution in [3.63, 3.8) is 0 Å². The first-order valence-electron chi connectivity index (χ1n) is 13.8. The van der Waals surface area contributed by atoms with Gasteiger partial charge in [0.1, 0.15) is 5.75 Å². The van der Waals surface area contributed by atoms with E-state index in [1.54, 1.807) is 55.3 Å². The molecule has 7 nitrogen and oxygen atoms in total. The van der Waals surface area contributed by atoms with E-state index in [0.29, 0.717) is 22.6 Å². The van der Waals surface area contributed by atoms with Crippen molar-refractivity contribution in [2.24, 2.45) is 5.92 Å². The molecule has 4 unspecified atom stereocenters. The number of nitrogens with zero attached hydrogens (tertiary/aromatic N) is 1. The Kier molecular flexibility index (Phi) is 8.13. The smallest absolute Gasteiger partial charge is 0.266 e. The largest absolute Gasteiger partial charge is 0.496 e. The van der Waals surface area contributed by atoms with Crippen molar-refractivity contribution in [1.29, 1.82) is 0 Å². The van der Waals surface area contributed by atoms with Gasteiger partial charge in [-0.25, -0.2) is 4.90 Å². The minimum atomic E-state index is -0.664. The molecule has 2 amide bonds. The van der Waals surface area contributed by atoms with Gasteiger partial charge in [0.05, 0.1) is 42.7 Å². The zero-order valence-electron chi connectivity index (χ0n) is 23.3.